The van der Waals surface area contributed by atoms with Gasteiger partial charge >= 0.3 is 0 Å². The molecule has 0 radical (unpaired) electrons. The van der Waals surface area contributed by atoms with Crippen LogP contribution in [0.15, 0.2) is 18.2 Å². The van der Waals surface area contributed by atoms with Crippen LogP contribution in [0.4, 0.5) is 0 Å². The number of ketones is 1. The van der Waals surface area contributed by atoms with Crippen LogP contribution in [0.25, 0.3) is 0 Å². The fourth-order valence-electron chi connectivity index (χ4n) is 5.83. The van der Waals surface area contributed by atoms with Crippen molar-refractivity contribution in [3.63, 3.8) is 0 Å². The Morgan fingerprint density at radius 2 is 2.05 bits per heavy atom. The third-order valence-electron chi connectivity index (χ3n) is 7.02. The number of benzene rings is 1. The van der Waals surface area contributed by atoms with E-state index in [1.807, 2.05) is 0 Å². The third-order valence-corrected chi connectivity index (χ3v) is 7.02. The van der Waals surface area contributed by atoms with Crippen LogP contribution in [0.5, 0.6) is 0 Å². The molecule has 0 aromatic heterocycles. The van der Waals surface area contributed by atoms with Gasteiger partial charge in [0.2, 0.25) is 0 Å². The van der Waals surface area contributed by atoms with E-state index < -0.39 is 0 Å². The van der Waals surface area contributed by atoms with Crippen LogP contribution in [-0.2, 0) is 16.6 Å². The zero-order valence-corrected chi connectivity index (χ0v) is 13.5. The minimum atomic E-state index is -0.0772. The normalized spacial score (nSPS) is 37.5. The van der Waals surface area contributed by atoms with Gasteiger partial charge in [-0.1, -0.05) is 45.4 Å². The van der Waals surface area contributed by atoms with Gasteiger partial charge in [0, 0.05) is 17.3 Å². The summed E-state index contributed by atoms with van der Waals surface area (Å²) in [6.07, 6.45) is 6.79. The monoisotopic (exact) mass is 282 g/mol. The molecule has 0 amide bonds. The molecule has 3 atom stereocenters. The molecule has 1 heteroatoms. The van der Waals surface area contributed by atoms with Gasteiger partial charge in [0.1, 0.15) is 5.78 Å². The SMILES string of the molecule is CC(C)c1ccc2c(c1)CC[C@@H]1CC(=O)[C@@]3(C)CCC[C@@]213. The van der Waals surface area contributed by atoms with Crippen LogP contribution in [0, 0.1) is 11.3 Å². The Morgan fingerprint density at radius 1 is 1.24 bits per heavy atom. The van der Waals surface area contributed by atoms with Gasteiger partial charge in [-0.05, 0) is 54.2 Å². The standard InChI is InChI=1S/C20H26O/c1-13(2)14-6-8-17-15(11-14)5-7-16-12-18(21)19(3)9-4-10-20(16,17)19/h6,8,11,13,16H,4-5,7,9-10,12H2,1-3H3/t16-,19-,20+/m1/s1. The van der Waals surface area contributed by atoms with Crippen LogP contribution in [0.1, 0.15) is 75.5 Å². The van der Waals surface area contributed by atoms with Gasteiger partial charge in [0.15, 0.2) is 0 Å². The second kappa shape index (κ2) is 4.21. The van der Waals surface area contributed by atoms with E-state index in [0.717, 1.165) is 12.8 Å². The molecule has 0 saturated heterocycles. The highest BCUT2D eigenvalue weighted by Gasteiger charge is 2.66. The molecule has 4 rings (SSSR count). The zero-order chi connectivity index (χ0) is 14.8. The number of fused-ring (bicyclic) bond motifs is 1. The van der Waals surface area contributed by atoms with Crippen molar-refractivity contribution in [2.24, 2.45) is 11.3 Å². The maximum absolute atomic E-state index is 12.7. The lowest BCUT2D eigenvalue weighted by Gasteiger charge is -2.46. The smallest absolute Gasteiger partial charge is 0.139 e. The summed E-state index contributed by atoms with van der Waals surface area (Å²) in [5.74, 6) is 1.74. The second-order valence-electron chi connectivity index (χ2n) is 8.09. The van der Waals surface area contributed by atoms with Gasteiger partial charge in [-0.15, -0.1) is 0 Å². The van der Waals surface area contributed by atoms with Gasteiger partial charge in [0.25, 0.3) is 0 Å². The molecule has 3 aliphatic carbocycles. The summed E-state index contributed by atoms with van der Waals surface area (Å²) in [5.41, 5.74) is 4.63. The van der Waals surface area contributed by atoms with Crippen LogP contribution in [-0.4, -0.2) is 5.78 Å². The van der Waals surface area contributed by atoms with E-state index in [0.29, 0.717) is 17.6 Å². The zero-order valence-electron chi connectivity index (χ0n) is 13.5. The quantitative estimate of drug-likeness (QED) is 0.725. The Balaban J connectivity index is 1.91. The molecule has 3 aliphatic rings. The third kappa shape index (κ3) is 1.50. The highest BCUT2D eigenvalue weighted by atomic mass is 16.1. The topological polar surface area (TPSA) is 17.1 Å². The van der Waals surface area contributed by atoms with Crippen LogP contribution in [0.2, 0.25) is 0 Å². The highest BCUT2D eigenvalue weighted by Crippen LogP contribution is 2.67. The summed E-state index contributed by atoms with van der Waals surface area (Å²) >= 11 is 0. The molecule has 1 aromatic rings. The second-order valence-corrected chi connectivity index (χ2v) is 8.09. The van der Waals surface area contributed by atoms with Crippen LogP contribution < -0.4 is 0 Å². The van der Waals surface area contributed by atoms with Crippen LogP contribution >= 0.6 is 0 Å². The van der Waals surface area contributed by atoms with Gasteiger partial charge in [-0.3, -0.25) is 4.79 Å². The van der Waals surface area contributed by atoms with Crippen molar-refractivity contribution in [1.29, 1.82) is 0 Å². The molecule has 1 nitrogen and oxygen atoms in total. The van der Waals surface area contributed by atoms with Crippen molar-refractivity contribution in [2.45, 2.75) is 70.6 Å². The van der Waals surface area contributed by atoms with Crippen molar-refractivity contribution in [2.75, 3.05) is 0 Å². The molecule has 21 heavy (non-hydrogen) atoms. The van der Waals surface area contributed by atoms with Gasteiger partial charge in [0.05, 0.1) is 0 Å². The average molecular weight is 282 g/mol. The maximum atomic E-state index is 12.7. The Bertz CT molecular complexity index is 614. The number of Topliss-reactive ketones (excluding diaryl/α,β-unsaturated/α-hetero) is 1. The lowest BCUT2D eigenvalue weighted by molar-refractivity contribution is -0.126. The van der Waals surface area contributed by atoms with Gasteiger partial charge in [-0.25, -0.2) is 0 Å². The lowest BCUT2D eigenvalue weighted by atomic mass is 9.57. The summed E-state index contributed by atoms with van der Waals surface area (Å²) < 4.78 is 0. The average Bonchev–Trinajstić information content (AvgIpc) is 2.90. The predicted molar refractivity (Wildman–Crippen MR) is 85.6 cm³/mol. The predicted octanol–water partition coefficient (Wildman–Crippen LogP) is 4.77. The molecule has 0 unspecified atom stereocenters. The Labute approximate surface area is 128 Å². The number of carbonyl (C=O) groups excluding carboxylic acids is 1. The van der Waals surface area contributed by atoms with E-state index in [4.69, 9.17) is 0 Å². The minimum absolute atomic E-state index is 0.0772. The number of rotatable bonds is 1. The van der Waals surface area contributed by atoms with E-state index >= 15 is 0 Å². The lowest BCUT2D eigenvalue weighted by Crippen LogP contribution is -2.44. The van der Waals surface area contributed by atoms with Gasteiger partial charge < -0.3 is 0 Å². The largest absolute Gasteiger partial charge is 0.299 e. The van der Waals surface area contributed by atoms with E-state index in [-0.39, 0.29) is 10.8 Å². The summed E-state index contributed by atoms with van der Waals surface area (Å²) in [7, 11) is 0. The Morgan fingerprint density at radius 3 is 2.81 bits per heavy atom. The fraction of sp³-hybridized carbons (Fsp3) is 0.650. The van der Waals surface area contributed by atoms with E-state index in [2.05, 4.69) is 39.0 Å². The van der Waals surface area contributed by atoms with Crippen molar-refractivity contribution in [3.05, 3.63) is 34.9 Å². The highest BCUT2D eigenvalue weighted by molar-refractivity contribution is 5.90. The van der Waals surface area contributed by atoms with E-state index in [9.17, 15) is 4.79 Å². The first-order chi connectivity index (χ1) is 9.99. The van der Waals surface area contributed by atoms with Crippen molar-refractivity contribution >= 4 is 5.78 Å². The summed E-state index contributed by atoms with van der Waals surface area (Å²) in [4.78, 5) is 12.7. The first-order valence-electron chi connectivity index (χ1n) is 8.65. The number of carbonyl (C=O) groups is 1. The molecule has 0 aliphatic heterocycles. The van der Waals surface area contributed by atoms with E-state index in [1.165, 1.54) is 36.8 Å². The number of hydrogen-bond acceptors (Lipinski definition) is 1. The molecular formula is C20H26O. The minimum Gasteiger partial charge on any atom is -0.299 e. The molecule has 2 fully saturated rings. The van der Waals surface area contributed by atoms with Crippen LogP contribution in [0.3, 0.4) is 0 Å². The Kier molecular flexibility index (Phi) is 2.72. The van der Waals surface area contributed by atoms with Crippen molar-refractivity contribution in [3.8, 4) is 0 Å². The molecule has 0 heterocycles. The first kappa shape index (κ1) is 13.5. The summed E-state index contributed by atoms with van der Waals surface area (Å²) in [6.45, 7) is 6.81. The van der Waals surface area contributed by atoms with Gasteiger partial charge in [-0.2, -0.15) is 0 Å². The molecule has 0 N–H and O–H groups in total. The summed E-state index contributed by atoms with van der Waals surface area (Å²) in [5, 5.41) is 0. The molecule has 0 bridgehead atoms. The fourth-order valence-corrected chi connectivity index (χ4v) is 5.83. The van der Waals surface area contributed by atoms with E-state index in [1.54, 1.807) is 5.56 Å². The first-order valence-corrected chi connectivity index (χ1v) is 8.65. The Hall–Kier alpha value is -1.11. The molecule has 2 saturated carbocycles. The van der Waals surface area contributed by atoms with Crippen molar-refractivity contribution in [1.82, 2.24) is 0 Å². The molecular weight excluding hydrogens is 256 g/mol. The molecule has 1 aromatic carbocycles. The molecule has 112 valence electrons. The molecule has 1 spiro atoms. The number of hydrogen-bond donors (Lipinski definition) is 0. The summed E-state index contributed by atoms with van der Waals surface area (Å²) in [6, 6.07) is 7.15. The maximum Gasteiger partial charge on any atom is 0.139 e. The number of aryl methyl sites for hydroxylation is 1. The van der Waals surface area contributed by atoms with Crippen molar-refractivity contribution < 1.29 is 4.79 Å².